The summed E-state index contributed by atoms with van der Waals surface area (Å²) in [5, 5.41) is 0. The van der Waals surface area contributed by atoms with E-state index in [2.05, 4.69) is 4.98 Å². The van der Waals surface area contributed by atoms with Gasteiger partial charge in [0.1, 0.15) is 12.3 Å². The van der Waals surface area contributed by atoms with Gasteiger partial charge in [-0.3, -0.25) is 4.79 Å². The highest BCUT2D eigenvalue weighted by Gasteiger charge is 2.32. The number of nitrogens with zero attached hydrogens (tertiary/aromatic N) is 1. The highest BCUT2D eigenvalue weighted by Crippen LogP contribution is 2.29. The molecule has 4 nitrogen and oxygen atoms in total. The number of carbonyl (C=O) groups is 1. The van der Waals surface area contributed by atoms with Crippen molar-refractivity contribution in [1.29, 1.82) is 0 Å². The summed E-state index contributed by atoms with van der Waals surface area (Å²) in [5.41, 5.74) is 0.461. The highest BCUT2D eigenvalue weighted by molar-refractivity contribution is 6.07. The van der Waals surface area contributed by atoms with E-state index in [1.807, 2.05) is 0 Å². The average Bonchev–Trinajstić information content (AvgIpc) is 2.58. The van der Waals surface area contributed by atoms with Crippen LogP contribution in [0.4, 0.5) is 13.2 Å². The maximum absolute atomic E-state index is 12.7. The lowest BCUT2D eigenvalue weighted by atomic mass is 10.0. The molecule has 0 saturated heterocycles. The fourth-order valence-corrected chi connectivity index (χ4v) is 2.01. The number of hydrogen-bond donors (Lipinski definition) is 0. The number of halogens is 3. The molecule has 1 aromatic heterocycles. The van der Waals surface area contributed by atoms with Gasteiger partial charge in [0.2, 0.25) is 5.88 Å². The van der Waals surface area contributed by atoms with E-state index < -0.39 is 11.9 Å². The average molecular weight is 337 g/mol. The number of aromatic nitrogens is 1. The van der Waals surface area contributed by atoms with Crippen molar-refractivity contribution in [1.82, 2.24) is 4.98 Å². The van der Waals surface area contributed by atoms with Crippen LogP contribution in [0.25, 0.3) is 5.57 Å². The molecule has 2 aromatic rings. The Bertz CT molecular complexity index is 742. The van der Waals surface area contributed by atoms with Gasteiger partial charge >= 0.3 is 6.18 Å². The Balaban J connectivity index is 2.22. The molecular formula is C17H14F3NO3. The SMILES string of the molecule is CO/C=C(/C=O)c1ccccc1COc1cccc(C(F)(F)F)n1. The number of carbonyl (C=O) groups excluding carboxylic acids is 1. The Labute approximate surface area is 136 Å². The molecule has 24 heavy (non-hydrogen) atoms. The number of alkyl halides is 3. The number of hydrogen-bond acceptors (Lipinski definition) is 4. The molecule has 0 amide bonds. The summed E-state index contributed by atoms with van der Waals surface area (Å²) in [6.07, 6.45) is -2.62. The molecule has 0 unspecified atom stereocenters. The third-order valence-corrected chi connectivity index (χ3v) is 3.09. The number of benzene rings is 1. The van der Waals surface area contributed by atoms with E-state index in [1.165, 1.54) is 25.5 Å². The molecule has 0 bridgehead atoms. The van der Waals surface area contributed by atoms with Crippen molar-refractivity contribution in [3.05, 3.63) is 65.5 Å². The third-order valence-electron chi connectivity index (χ3n) is 3.09. The van der Waals surface area contributed by atoms with Crippen LogP contribution in [-0.4, -0.2) is 18.4 Å². The van der Waals surface area contributed by atoms with E-state index in [0.717, 1.165) is 6.07 Å². The zero-order valence-electron chi connectivity index (χ0n) is 12.7. The summed E-state index contributed by atoms with van der Waals surface area (Å²) >= 11 is 0. The number of ether oxygens (including phenoxy) is 2. The van der Waals surface area contributed by atoms with E-state index in [9.17, 15) is 18.0 Å². The summed E-state index contributed by atoms with van der Waals surface area (Å²) < 4.78 is 48.2. The molecule has 0 fully saturated rings. The van der Waals surface area contributed by atoms with Gasteiger partial charge in [-0.05, 0) is 17.2 Å². The van der Waals surface area contributed by atoms with Crippen LogP contribution in [0.5, 0.6) is 5.88 Å². The lowest BCUT2D eigenvalue weighted by Crippen LogP contribution is -2.09. The van der Waals surface area contributed by atoms with Crippen molar-refractivity contribution in [2.75, 3.05) is 7.11 Å². The number of methoxy groups -OCH3 is 1. The maximum atomic E-state index is 12.7. The molecule has 0 spiro atoms. The number of rotatable bonds is 6. The zero-order chi connectivity index (χ0) is 17.6. The molecule has 0 atom stereocenters. The Kier molecular flexibility index (Phi) is 5.57. The van der Waals surface area contributed by atoms with Gasteiger partial charge in [-0.2, -0.15) is 13.2 Å². The van der Waals surface area contributed by atoms with Crippen LogP contribution in [0.1, 0.15) is 16.8 Å². The van der Waals surface area contributed by atoms with Crippen LogP contribution in [0.15, 0.2) is 48.7 Å². The third kappa shape index (κ3) is 4.34. The van der Waals surface area contributed by atoms with Crippen LogP contribution in [0.3, 0.4) is 0 Å². The van der Waals surface area contributed by atoms with Gasteiger partial charge in [0.15, 0.2) is 6.29 Å². The lowest BCUT2D eigenvalue weighted by Gasteiger charge is -2.12. The monoisotopic (exact) mass is 337 g/mol. The van der Waals surface area contributed by atoms with Crippen LogP contribution in [0, 0.1) is 0 Å². The first kappa shape index (κ1) is 17.5. The molecule has 0 radical (unpaired) electrons. The molecule has 0 aliphatic rings. The largest absolute Gasteiger partial charge is 0.504 e. The predicted octanol–water partition coefficient (Wildman–Crippen LogP) is 3.87. The molecule has 2 rings (SSSR count). The smallest absolute Gasteiger partial charge is 0.433 e. The van der Waals surface area contributed by atoms with Crippen LogP contribution in [0.2, 0.25) is 0 Å². The van der Waals surface area contributed by atoms with Crippen molar-refractivity contribution in [3.8, 4) is 5.88 Å². The minimum Gasteiger partial charge on any atom is -0.504 e. The zero-order valence-corrected chi connectivity index (χ0v) is 12.7. The van der Waals surface area contributed by atoms with E-state index in [4.69, 9.17) is 9.47 Å². The quantitative estimate of drug-likeness (QED) is 0.456. The Hall–Kier alpha value is -2.83. The molecule has 7 heteroatoms. The van der Waals surface area contributed by atoms with E-state index in [1.54, 1.807) is 24.3 Å². The second-order valence-electron chi connectivity index (χ2n) is 4.73. The molecule has 0 saturated carbocycles. The fourth-order valence-electron chi connectivity index (χ4n) is 2.01. The Morgan fingerprint density at radius 2 is 1.92 bits per heavy atom. The van der Waals surface area contributed by atoms with Crippen LogP contribution >= 0.6 is 0 Å². The first-order valence-electron chi connectivity index (χ1n) is 6.89. The first-order valence-corrected chi connectivity index (χ1v) is 6.89. The summed E-state index contributed by atoms with van der Waals surface area (Å²) in [6, 6.07) is 10.3. The van der Waals surface area contributed by atoms with Gasteiger partial charge in [0, 0.05) is 6.07 Å². The van der Waals surface area contributed by atoms with Crippen molar-refractivity contribution >= 4 is 11.9 Å². The van der Waals surface area contributed by atoms with Crippen LogP contribution in [-0.2, 0) is 22.3 Å². The Morgan fingerprint density at radius 1 is 1.17 bits per heavy atom. The van der Waals surface area contributed by atoms with Gasteiger partial charge in [-0.15, -0.1) is 0 Å². The summed E-state index contributed by atoms with van der Waals surface area (Å²) in [7, 11) is 1.41. The molecule has 0 aliphatic carbocycles. The second-order valence-corrected chi connectivity index (χ2v) is 4.73. The van der Waals surface area contributed by atoms with Crippen molar-refractivity contribution in [3.63, 3.8) is 0 Å². The molecule has 0 N–H and O–H groups in total. The molecule has 0 aliphatic heterocycles. The van der Waals surface area contributed by atoms with Gasteiger partial charge in [-0.25, -0.2) is 4.98 Å². The van der Waals surface area contributed by atoms with E-state index in [-0.39, 0.29) is 12.5 Å². The maximum Gasteiger partial charge on any atom is 0.433 e. The van der Waals surface area contributed by atoms with Crippen LogP contribution < -0.4 is 4.74 Å². The standard InChI is InChI=1S/C17H14F3NO3/c1-23-10-13(9-22)14-6-3-2-5-12(14)11-24-16-8-4-7-15(21-16)17(18,19)20/h2-10H,11H2,1H3/b13-10-. The molecule has 126 valence electrons. The van der Waals surface area contributed by atoms with Gasteiger partial charge in [0.05, 0.1) is 18.9 Å². The predicted molar refractivity (Wildman–Crippen MR) is 81.1 cm³/mol. The van der Waals surface area contributed by atoms with Crippen molar-refractivity contribution in [2.24, 2.45) is 0 Å². The Morgan fingerprint density at radius 3 is 2.58 bits per heavy atom. The number of pyridine rings is 1. The second kappa shape index (κ2) is 7.63. The number of allylic oxidation sites excluding steroid dienone is 1. The van der Waals surface area contributed by atoms with E-state index >= 15 is 0 Å². The van der Waals surface area contributed by atoms with Gasteiger partial charge < -0.3 is 9.47 Å². The minimum absolute atomic E-state index is 0.0423. The lowest BCUT2D eigenvalue weighted by molar-refractivity contribution is -0.141. The van der Waals surface area contributed by atoms with Crippen molar-refractivity contribution in [2.45, 2.75) is 12.8 Å². The van der Waals surface area contributed by atoms with Gasteiger partial charge in [-0.1, -0.05) is 30.3 Å². The first-order chi connectivity index (χ1) is 11.5. The van der Waals surface area contributed by atoms with Crippen molar-refractivity contribution < 1.29 is 27.4 Å². The fraction of sp³-hybridized carbons (Fsp3) is 0.176. The topological polar surface area (TPSA) is 48.4 Å². The minimum atomic E-state index is -4.54. The summed E-state index contributed by atoms with van der Waals surface area (Å²) in [6.45, 7) is -0.0423. The molecule has 1 aromatic carbocycles. The summed E-state index contributed by atoms with van der Waals surface area (Å²) in [4.78, 5) is 14.6. The van der Waals surface area contributed by atoms with Gasteiger partial charge in [0.25, 0.3) is 0 Å². The summed E-state index contributed by atoms with van der Waals surface area (Å²) in [5.74, 6) is -0.150. The number of aldehydes is 1. The highest BCUT2D eigenvalue weighted by atomic mass is 19.4. The molecule has 1 heterocycles. The molecular weight excluding hydrogens is 323 g/mol. The van der Waals surface area contributed by atoms with E-state index in [0.29, 0.717) is 23.0 Å². The normalized spacial score (nSPS) is 11.9.